The van der Waals surface area contributed by atoms with Crippen LogP contribution in [0.5, 0.6) is 11.5 Å². The van der Waals surface area contributed by atoms with Gasteiger partial charge in [-0.25, -0.2) is 14.6 Å². The number of methoxy groups -OCH3 is 2. The van der Waals surface area contributed by atoms with Crippen LogP contribution in [0.2, 0.25) is 0 Å². The van der Waals surface area contributed by atoms with Gasteiger partial charge in [0.05, 0.1) is 37.8 Å². The zero-order valence-electron chi connectivity index (χ0n) is 23.1. The number of fused-ring (bicyclic) bond motifs is 1. The molecule has 3 amide bonds. The maximum atomic E-state index is 14.0. The van der Waals surface area contributed by atoms with Crippen LogP contribution in [-0.4, -0.2) is 90.5 Å². The minimum absolute atomic E-state index is 0.229. The number of para-hydroxylation sites is 2. The molecule has 1 fully saturated rings. The lowest BCUT2D eigenvalue weighted by molar-refractivity contribution is 0.105. The van der Waals surface area contributed by atoms with E-state index in [1.54, 1.807) is 54.5 Å². The number of benzene rings is 2. The Hall–Kier alpha value is -4.78. The Morgan fingerprint density at radius 1 is 1.05 bits per heavy atom. The van der Waals surface area contributed by atoms with E-state index in [9.17, 15) is 14.7 Å². The van der Waals surface area contributed by atoms with Gasteiger partial charge in [-0.15, -0.1) is 0 Å². The van der Waals surface area contributed by atoms with E-state index in [0.717, 1.165) is 12.1 Å². The number of hydrogen-bond donors (Lipinski definition) is 3. The van der Waals surface area contributed by atoms with Crippen LogP contribution in [0.3, 0.4) is 0 Å². The molecule has 1 aromatic heterocycles. The molecule has 2 aliphatic rings. The van der Waals surface area contributed by atoms with Crippen molar-refractivity contribution in [2.24, 2.45) is 0 Å². The molecule has 41 heavy (non-hydrogen) atoms. The zero-order valence-corrected chi connectivity index (χ0v) is 23.1. The highest BCUT2D eigenvalue weighted by Crippen LogP contribution is 2.35. The van der Waals surface area contributed by atoms with Crippen LogP contribution >= 0.6 is 0 Å². The van der Waals surface area contributed by atoms with E-state index in [2.05, 4.69) is 15.2 Å². The standard InChI is InChI=1S/C28H34N8O5/c1-40-21-14-20(15-22(16-21)41-2)36-18-19-17-30-26(31-24-7-4-3-6-23(24)29)32-25(19)35(27(36)37)9-5-8-33-10-12-34(13-11-33)28(38)39/h3-4,6-7,14-17H,5,8-13,18,29H2,1-2H3,(H,38,39)(H,30,31,32). The predicted molar refractivity (Wildman–Crippen MR) is 155 cm³/mol. The summed E-state index contributed by atoms with van der Waals surface area (Å²) in [7, 11) is 3.13. The summed E-state index contributed by atoms with van der Waals surface area (Å²) in [6, 6.07) is 12.4. The highest BCUT2D eigenvalue weighted by molar-refractivity contribution is 6.05. The Labute approximate surface area is 238 Å². The molecule has 0 atom stereocenters. The van der Waals surface area contributed by atoms with Gasteiger partial charge in [0.25, 0.3) is 0 Å². The summed E-state index contributed by atoms with van der Waals surface area (Å²) in [6.07, 6.45) is 1.50. The molecule has 2 aliphatic heterocycles. The molecule has 2 aromatic carbocycles. The Morgan fingerprint density at radius 3 is 2.41 bits per heavy atom. The van der Waals surface area contributed by atoms with Gasteiger partial charge in [-0.2, -0.15) is 4.98 Å². The van der Waals surface area contributed by atoms with Crippen LogP contribution in [0.1, 0.15) is 12.0 Å². The largest absolute Gasteiger partial charge is 0.497 e. The molecule has 216 valence electrons. The molecule has 1 saturated heterocycles. The van der Waals surface area contributed by atoms with Gasteiger partial charge in [0.1, 0.15) is 17.3 Å². The second kappa shape index (κ2) is 12.2. The van der Waals surface area contributed by atoms with E-state index in [1.165, 1.54) is 4.90 Å². The van der Waals surface area contributed by atoms with Crippen molar-refractivity contribution in [3.63, 3.8) is 0 Å². The SMILES string of the molecule is COc1cc(OC)cc(N2Cc3cnc(Nc4ccccc4N)nc3N(CCCN3CCN(C(=O)O)CC3)C2=O)c1. The number of anilines is 5. The summed E-state index contributed by atoms with van der Waals surface area (Å²) in [4.78, 5) is 41.4. The van der Waals surface area contributed by atoms with Gasteiger partial charge in [-0.3, -0.25) is 14.7 Å². The second-order valence-corrected chi connectivity index (χ2v) is 9.81. The molecule has 0 radical (unpaired) electrons. The molecular formula is C28H34N8O5. The van der Waals surface area contributed by atoms with Crippen LogP contribution in [0.25, 0.3) is 0 Å². The number of nitrogens with one attached hydrogen (secondary N) is 1. The fourth-order valence-electron chi connectivity index (χ4n) is 4.98. The van der Waals surface area contributed by atoms with Crippen molar-refractivity contribution in [2.75, 3.05) is 74.3 Å². The summed E-state index contributed by atoms with van der Waals surface area (Å²) in [5.74, 6) is 2.01. The molecule has 0 unspecified atom stereocenters. The summed E-state index contributed by atoms with van der Waals surface area (Å²) >= 11 is 0. The Kier molecular flexibility index (Phi) is 8.24. The third-order valence-corrected chi connectivity index (χ3v) is 7.24. The van der Waals surface area contributed by atoms with Gasteiger partial charge in [0.2, 0.25) is 5.95 Å². The van der Waals surface area contributed by atoms with Gasteiger partial charge in [0.15, 0.2) is 0 Å². The van der Waals surface area contributed by atoms with E-state index in [-0.39, 0.29) is 12.6 Å². The Balaban J connectivity index is 1.40. The van der Waals surface area contributed by atoms with Gasteiger partial charge < -0.3 is 30.5 Å². The molecule has 0 bridgehead atoms. The first-order valence-electron chi connectivity index (χ1n) is 13.4. The first-order chi connectivity index (χ1) is 19.9. The maximum absolute atomic E-state index is 14.0. The molecule has 13 heteroatoms. The molecule has 0 spiro atoms. The zero-order chi connectivity index (χ0) is 28.9. The van der Waals surface area contributed by atoms with Crippen molar-refractivity contribution < 1.29 is 24.2 Å². The van der Waals surface area contributed by atoms with E-state index in [4.69, 9.17) is 20.2 Å². The molecule has 4 N–H and O–H groups in total. The number of amides is 3. The third kappa shape index (κ3) is 6.19. The summed E-state index contributed by atoms with van der Waals surface area (Å²) in [5, 5.41) is 12.4. The average Bonchev–Trinajstić information content (AvgIpc) is 2.99. The van der Waals surface area contributed by atoms with Crippen LogP contribution in [0, 0.1) is 0 Å². The van der Waals surface area contributed by atoms with Gasteiger partial charge >= 0.3 is 12.1 Å². The number of rotatable bonds is 9. The van der Waals surface area contributed by atoms with Gasteiger partial charge in [-0.1, -0.05) is 12.1 Å². The van der Waals surface area contributed by atoms with Crippen molar-refractivity contribution >= 4 is 41.0 Å². The van der Waals surface area contributed by atoms with Crippen molar-refractivity contribution in [1.29, 1.82) is 0 Å². The van der Waals surface area contributed by atoms with Gasteiger partial charge in [0, 0.05) is 62.7 Å². The minimum Gasteiger partial charge on any atom is -0.497 e. The number of urea groups is 1. The number of carbonyl (C=O) groups excluding carboxylic acids is 1. The fourth-order valence-corrected chi connectivity index (χ4v) is 4.98. The molecular weight excluding hydrogens is 528 g/mol. The third-order valence-electron chi connectivity index (χ3n) is 7.24. The Bertz CT molecular complexity index is 1390. The highest BCUT2D eigenvalue weighted by Gasteiger charge is 2.34. The predicted octanol–water partition coefficient (Wildman–Crippen LogP) is 3.45. The van der Waals surface area contributed by atoms with Crippen LogP contribution in [-0.2, 0) is 6.54 Å². The first-order valence-corrected chi connectivity index (χ1v) is 13.4. The van der Waals surface area contributed by atoms with E-state index >= 15 is 0 Å². The minimum atomic E-state index is -0.893. The average molecular weight is 563 g/mol. The lowest BCUT2D eigenvalue weighted by atomic mass is 10.1. The van der Waals surface area contributed by atoms with Crippen molar-refractivity contribution in [1.82, 2.24) is 19.8 Å². The number of carboxylic acid groups (broad SMARTS) is 1. The first kappa shape index (κ1) is 27.8. The monoisotopic (exact) mass is 562 g/mol. The number of piperazine rings is 1. The second-order valence-electron chi connectivity index (χ2n) is 9.81. The highest BCUT2D eigenvalue weighted by atomic mass is 16.5. The molecule has 0 aliphatic carbocycles. The lowest BCUT2D eigenvalue weighted by Gasteiger charge is -2.37. The fraction of sp³-hybridized carbons (Fsp3) is 0.357. The normalized spacial score (nSPS) is 15.5. The van der Waals surface area contributed by atoms with E-state index < -0.39 is 6.09 Å². The van der Waals surface area contributed by atoms with Crippen molar-refractivity contribution in [3.05, 3.63) is 54.2 Å². The van der Waals surface area contributed by atoms with Crippen LogP contribution in [0.4, 0.5) is 38.4 Å². The smallest absolute Gasteiger partial charge is 0.407 e. The molecule has 13 nitrogen and oxygen atoms in total. The van der Waals surface area contributed by atoms with Gasteiger partial charge in [-0.05, 0) is 25.1 Å². The number of nitrogen functional groups attached to an aromatic ring is 1. The molecule has 0 saturated carbocycles. The number of nitrogens with two attached hydrogens (primary N) is 1. The number of carbonyl (C=O) groups is 2. The number of nitrogens with zero attached hydrogens (tertiary/aromatic N) is 6. The maximum Gasteiger partial charge on any atom is 0.407 e. The lowest BCUT2D eigenvalue weighted by Crippen LogP contribution is -2.50. The van der Waals surface area contributed by atoms with Crippen molar-refractivity contribution in [3.8, 4) is 11.5 Å². The number of ether oxygens (including phenoxy) is 2. The topological polar surface area (TPSA) is 150 Å². The summed E-state index contributed by atoms with van der Waals surface area (Å²) < 4.78 is 10.9. The molecule has 3 aromatic rings. The number of hydrogen-bond acceptors (Lipinski definition) is 9. The molecule has 3 heterocycles. The van der Waals surface area contributed by atoms with E-state index in [1.807, 2.05) is 18.2 Å². The quantitative estimate of drug-likeness (QED) is 0.331. The summed E-state index contributed by atoms with van der Waals surface area (Å²) in [5.41, 5.74) is 8.74. The van der Waals surface area contributed by atoms with Crippen LogP contribution in [0.15, 0.2) is 48.7 Å². The van der Waals surface area contributed by atoms with E-state index in [0.29, 0.717) is 79.5 Å². The molecule has 5 rings (SSSR count). The summed E-state index contributed by atoms with van der Waals surface area (Å²) in [6.45, 7) is 3.64. The van der Waals surface area contributed by atoms with Crippen molar-refractivity contribution in [2.45, 2.75) is 13.0 Å². The Morgan fingerprint density at radius 2 is 1.76 bits per heavy atom. The van der Waals surface area contributed by atoms with Crippen LogP contribution < -0.4 is 30.3 Å². The number of aromatic nitrogens is 2.